The molecule has 3 nitrogen and oxygen atoms in total. The van der Waals surface area contributed by atoms with E-state index in [2.05, 4.69) is 22.9 Å². The van der Waals surface area contributed by atoms with Crippen LogP contribution in [0.1, 0.15) is 0 Å². The van der Waals surface area contributed by atoms with Gasteiger partial charge in [0.25, 0.3) is 0 Å². The average Bonchev–Trinajstić information content (AvgIpc) is 1.98. The molecule has 0 radical (unpaired) electrons. The summed E-state index contributed by atoms with van der Waals surface area (Å²) in [4.78, 5) is 0. The van der Waals surface area contributed by atoms with E-state index in [4.69, 9.17) is 5.73 Å². The minimum Gasteiger partial charge on any atom is -0.381 e. The Bertz CT molecular complexity index is 174. The van der Waals surface area contributed by atoms with Gasteiger partial charge in [-0.05, 0) is 2.90 Å². The van der Waals surface area contributed by atoms with Crippen LogP contribution in [0.2, 0.25) is 0 Å². The highest BCUT2D eigenvalue weighted by Crippen LogP contribution is 1.94. The molecule has 0 saturated heterocycles. The number of hydrogen-bond donors (Lipinski definition) is 1. The van der Waals surface area contributed by atoms with Gasteiger partial charge in [0.15, 0.2) is 5.82 Å². The lowest BCUT2D eigenvalue weighted by atomic mass is 10.7. The summed E-state index contributed by atoms with van der Waals surface area (Å²) in [7, 11) is 1.90. The van der Waals surface area contributed by atoms with Crippen LogP contribution in [-0.4, -0.2) is 4.68 Å². The predicted molar refractivity (Wildman–Crippen MR) is 39.4 cm³/mol. The SMILES string of the molecule is Cn1c(N)cc[n+]1I. The number of nitrogen functional groups attached to an aromatic ring is 1. The Kier molecular flexibility index (Phi) is 1.41. The van der Waals surface area contributed by atoms with Gasteiger partial charge >= 0.3 is 22.9 Å². The van der Waals surface area contributed by atoms with Crippen LogP contribution in [0.5, 0.6) is 0 Å². The molecule has 0 aliphatic carbocycles. The Morgan fingerprint density at radius 2 is 2.50 bits per heavy atom. The molecule has 0 unspecified atom stereocenters. The summed E-state index contributed by atoms with van der Waals surface area (Å²) in [6.07, 6.45) is 1.90. The minimum atomic E-state index is 0.777. The first-order valence-corrected chi connectivity index (χ1v) is 3.17. The molecule has 0 amide bonds. The normalized spacial score (nSPS) is 9.75. The van der Waals surface area contributed by atoms with Crippen molar-refractivity contribution in [2.45, 2.75) is 0 Å². The van der Waals surface area contributed by atoms with E-state index in [0.29, 0.717) is 0 Å². The van der Waals surface area contributed by atoms with Gasteiger partial charge in [0.1, 0.15) is 0 Å². The first kappa shape index (κ1) is 5.87. The molecule has 8 heavy (non-hydrogen) atoms. The van der Waals surface area contributed by atoms with Crippen molar-refractivity contribution in [3.05, 3.63) is 12.3 Å². The summed E-state index contributed by atoms with van der Waals surface area (Å²) >= 11 is 2.14. The molecule has 0 atom stereocenters. The smallest absolute Gasteiger partial charge is 0.381 e. The fourth-order valence-electron chi connectivity index (χ4n) is 0.456. The zero-order chi connectivity index (χ0) is 6.15. The second kappa shape index (κ2) is 1.93. The number of nitrogens with zero attached hydrogens (tertiary/aromatic N) is 2. The van der Waals surface area contributed by atoms with Crippen LogP contribution >= 0.6 is 22.9 Å². The van der Waals surface area contributed by atoms with Crippen LogP contribution in [0.25, 0.3) is 0 Å². The standard InChI is InChI=1S/C4H6IN3/c1-7-4(6)2-3-8(7)5/h2-3,6H,1H3/p+1. The van der Waals surface area contributed by atoms with Crippen LogP contribution in [0.4, 0.5) is 5.82 Å². The van der Waals surface area contributed by atoms with Crippen molar-refractivity contribution in [3.8, 4) is 0 Å². The Hall–Kier alpha value is -0.260. The summed E-state index contributed by atoms with van der Waals surface area (Å²) in [6.45, 7) is 0. The van der Waals surface area contributed by atoms with Gasteiger partial charge in [-0.1, -0.05) is 0 Å². The van der Waals surface area contributed by atoms with Gasteiger partial charge in [-0.2, -0.15) is 0 Å². The predicted octanol–water partition coefficient (Wildman–Crippen LogP) is 0.0929. The maximum Gasteiger partial charge on any atom is 0.382 e. The van der Waals surface area contributed by atoms with Crippen molar-refractivity contribution in [2.75, 3.05) is 5.73 Å². The number of halogens is 1. The van der Waals surface area contributed by atoms with E-state index in [1.807, 2.05) is 26.9 Å². The molecule has 0 aliphatic rings. The Labute approximate surface area is 61.6 Å². The van der Waals surface area contributed by atoms with Crippen LogP contribution in [-0.2, 0) is 7.05 Å². The molecule has 4 heteroatoms. The van der Waals surface area contributed by atoms with E-state index < -0.39 is 0 Å². The van der Waals surface area contributed by atoms with Gasteiger partial charge in [-0.15, -0.1) is 4.68 Å². The molecule has 0 spiro atoms. The largest absolute Gasteiger partial charge is 0.382 e. The molecule has 0 saturated carbocycles. The van der Waals surface area contributed by atoms with Crippen LogP contribution in [0.3, 0.4) is 0 Å². The van der Waals surface area contributed by atoms with Crippen molar-refractivity contribution in [1.29, 1.82) is 0 Å². The van der Waals surface area contributed by atoms with Gasteiger partial charge in [0, 0.05) is 0 Å². The first-order chi connectivity index (χ1) is 3.72. The fraction of sp³-hybridized carbons (Fsp3) is 0.250. The molecular weight excluding hydrogens is 217 g/mol. The van der Waals surface area contributed by atoms with Gasteiger partial charge in [-0.3, -0.25) is 0 Å². The second-order valence-electron chi connectivity index (χ2n) is 1.55. The Balaban J connectivity index is 3.19. The Morgan fingerprint density at radius 3 is 2.62 bits per heavy atom. The molecule has 0 aliphatic heterocycles. The molecule has 1 heterocycles. The molecule has 1 aromatic heterocycles. The lowest BCUT2D eigenvalue weighted by molar-refractivity contribution is -0.540. The van der Waals surface area contributed by atoms with Crippen molar-refractivity contribution in [2.24, 2.45) is 7.05 Å². The van der Waals surface area contributed by atoms with E-state index in [1.165, 1.54) is 0 Å². The van der Waals surface area contributed by atoms with E-state index in [-0.39, 0.29) is 0 Å². The van der Waals surface area contributed by atoms with E-state index in [0.717, 1.165) is 5.82 Å². The zero-order valence-corrected chi connectivity index (χ0v) is 6.66. The van der Waals surface area contributed by atoms with Gasteiger partial charge in [0.2, 0.25) is 6.20 Å². The Morgan fingerprint density at radius 1 is 1.88 bits per heavy atom. The summed E-state index contributed by atoms with van der Waals surface area (Å²) in [5.74, 6) is 0.777. The third kappa shape index (κ3) is 0.795. The maximum absolute atomic E-state index is 5.48. The van der Waals surface area contributed by atoms with E-state index in [1.54, 1.807) is 0 Å². The van der Waals surface area contributed by atoms with Crippen LogP contribution in [0, 0.1) is 0 Å². The van der Waals surface area contributed by atoms with Crippen molar-refractivity contribution < 1.29 is 2.90 Å². The topological polar surface area (TPSA) is 34.8 Å². The molecule has 0 bridgehead atoms. The summed E-state index contributed by atoms with van der Waals surface area (Å²) in [5, 5.41) is 0. The van der Waals surface area contributed by atoms with E-state index >= 15 is 0 Å². The number of aromatic nitrogens is 2. The zero-order valence-electron chi connectivity index (χ0n) is 4.50. The first-order valence-electron chi connectivity index (χ1n) is 2.21. The second-order valence-corrected chi connectivity index (χ2v) is 2.54. The van der Waals surface area contributed by atoms with Gasteiger partial charge in [-0.25, -0.2) is 0 Å². The lowest BCUT2D eigenvalue weighted by Gasteiger charge is -1.85. The minimum absolute atomic E-state index is 0.777. The molecule has 1 aromatic rings. The monoisotopic (exact) mass is 224 g/mol. The number of anilines is 1. The fourth-order valence-corrected chi connectivity index (χ4v) is 0.866. The number of hydrogen-bond acceptors (Lipinski definition) is 1. The van der Waals surface area contributed by atoms with Gasteiger partial charge in [0.05, 0.1) is 13.1 Å². The number of nitrogens with two attached hydrogens (primary N) is 1. The maximum atomic E-state index is 5.48. The molecule has 44 valence electrons. The molecular formula is C4H7IN3+. The number of rotatable bonds is 0. The molecule has 0 fully saturated rings. The van der Waals surface area contributed by atoms with Crippen LogP contribution in [0.15, 0.2) is 12.3 Å². The van der Waals surface area contributed by atoms with Crippen molar-refractivity contribution in [3.63, 3.8) is 0 Å². The summed E-state index contributed by atoms with van der Waals surface area (Å²) < 4.78 is 3.73. The molecule has 1 rings (SSSR count). The third-order valence-electron chi connectivity index (χ3n) is 1.03. The van der Waals surface area contributed by atoms with Crippen molar-refractivity contribution in [1.82, 2.24) is 4.68 Å². The summed E-state index contributed by atoms with van der Waals surface area (Å²) in [6, 6.07) is 1.85. The third-order valence-corrected chi connectivity index (χ3v) is 2.00. The highest BCUT2D eigenvalue weighted by molar-refractivity contribution is 14.1. The molecule has 2 N–H and O–H groups in total. The van der Waals surface area contributed by atoms with Crippen LogP contribution < -0.4 is 8.63 Å². The van der Waals surface area contributed by atoms with E-state index in [9.17, 15) is 0 Å². The average molecular weight is 224 g/mol. The highest BCUT2D eigenvalue weighted by atomic mass is 127. The van der Waals surface area contributed by atoms with Gasteiger partial charge < -0.3 is 5.73 Å². The quantitative estimate of drug-likeness (QED) is 0.623. The lowest BCUT2D eigenvalue weighted by Crippen LogP contribution is -2.28. The molecule has 0 aromatic carbocycles. The highest BCUT2D eigenvalue weighted by Gasteiger charge is 2.02. The van der Waals surface area contributed by atoms with Crippen molar-refractivity contribution >= 4 is 28.7 Å². The summed E-state index contributed by atoms with van der Waals surface area (Å²) in [5.41, 5.74) is 5.48.